The summed E-state index contributed by atoms with van der Waals surface area (Å²) >= 11 is 0. The lowest BCUT2D eigenvalue weighted by molar-refractivity contribution is 0.536. The van der Waals surface area contributed by atoms with Crippen LogP contribution in [-0.4, -0.2) is 0 Å². The minimum Gasteiger partial charge on any atom is -0.106 e. The number of hydrogen-bond acceptors (Lipinski definition) is 0. The van der Waals surface area contributed by atoms with Crippen molar-refractivity contribution < 1.29 is 0 Å². The highest BCUT2D eigenvalue weighted by molar-refractivity contribution is 4.65. The summed E-state index contributed by atoms with van der Waals surface area (Å²) in [6, 6.07) is 0. The van der Waals surface area contributed by atoms with Crippen molar-refractivity contribution >= 4 is 0 Å². The maximum absolute atomic E-state index is 3.76. The van der Waals surface area contributed by atoms with E-state index in [4.69, 9.17) is 0 Å². The standard InChI is InChI=1S/C18H36.C2H4/c1-3-5-7-9-11-13-15-17-18-16-14-12-10-8-6-4-2;1-2/h3H,1,4-18H2,2H3;1-2H2. The molecule has 0 fully saturated rings. The fourth-order valence-electron chi connectivity index (χ4n) is 2.48. The van der Waals surface area contributed by atoms with Crippen LogP contribution in [0.15, 0.2) is 25.8 Å². The van der Waals surface area contributed by atoms with Crippen molar-refractivity contribution in [3.63, 3.8) is 0 Å². The maximum atomic E-state index is 3.76. The van der Waals surface area contributed by atoms with Gasteiger partial charge in [-0.2, -0.15) is 0 Å². The Bertz CT molecular complexity index is 159. The fourth-order valence-corrected chi connectivity index (χ4v) is 2.48. The molecule has 0 saturated heterocycles. The third kappa shape index (κ3) is 22.6. The van der Waals surface area contributed by atoms with Crippen LogP contribution in [-0.2, 0) is 0 Å². The van der Waals surface area contributed by atoms with Gasteiger partial charge in [0, 0.05) is 0 Å². The van der Waals surface area contributed by atoms with Crippen LogP contribution in [0.1, 0.15) is 103 Å². The predicted molar refractivity (Wildman–Crippen MR) is 96.4 cm³/mol. The number of unbranched alkanes of at least 4 members (excludes halogenated alkanes) is 14. The molecule has 0 aromatic carbocycles. The number of rotatable bonds is 15. The van der Waals surface area contributed by atoms with Crippen molar-refractivity contribution in [1.82, 2.24) is 0 Å². The van der Waals surface area contributed by atoms with E-state index in [1.807, 2.05) is 6.08 Å². The molecule has 0 aromatic rings. The highest BCUT2D eigenvalue weighted by Gasteiger charge is 1.93. The Morgan fingerprint density at radius 3 is 1.15 bits per heavy atom. The zero-order valence-electron chi connectivity index (χ0n) is 14.3. The minimum atomic E-state index is 1.21. The first-order valence-electron chi connectivity index (χ1n) is 9.02. The monoisotopic (exact) mass is 280 g/mol. The van der Waals surface area contributed by atoms with E-state index >= 15 is 0 Å². The lowest BCUT2D eigenvalue weighted by atomic mass is 10.0. The molecule has 0 spiro atoms. The molecule has 20 heavy (non-hydrogen) atoms. The molecule has 120 valence electrons. The zero-order valence-corrected chi connectivity index (χ0v) is 14.3. The van der Waals surface area contributed by atoms with E-state index in [1.165, 1.54) is 96.3 Å². The SMILES string of the molecule is C=C.C=CCCCCCCCCCCCCCCCC. The van der Waals surface area contributed by atoms with Crippen LogP contribution in [0.3, 0.4) is 0 Å². The molecule has 0 amide bonds. The molecule has 0 heterocycles. The van der Waals surface area contributed by atoms with Gasteiger partial charge in [0.25, 0.3) is 0 Å². The molecule has 0 aliphatic carbocycles. The molecule has 0 radical (unpaired) electrons. The molecule has 0 aromatic heterocycles. The first-order valence-corrected chi connectivity index (χ1v) is 9.02. The molecule has 0 saturated carbocycles. The van der Waals surface area contributed by atoms with Crippen molar-refractivity contribution in [2.24, 2.45) is 0 Å². The summed E-state index contributed by atoms with van der Waals surface area (Å²) < 4.78 is 0. The average Bonchev–Trinajstić information content (AvgIpc) is 2.50. The van der Waals surface area contributed by atoms with Gasteiger partial charge in [0.2, 0.25) is 0 Å². The van der Waals surface area contributed by atoms with Crippen LogP contribution < -0.4 is 0 Å². The van der Waals surface area contributed by atoms with Crippen LogP contribution in [0.2, 0.25) is 0 Å². The third-order valence-electron chi connectivity index (χ3n) is 3.76. The van der Waals surface area contributed by atoms with Gasteiger partial charge in [0.05, 0.1) is 0 Å². The summed E-state index contributed by atoms with van der Waals surface area (Å²) in [5.74, 6) is 0. The Morgan fingerprint density at radius 2 is 0.850 bits per heavy atom. The smallest absolute Gasteiger partial charge is 0.0353 e. The summed E-state index contributed by atoms with van der Waals surface area (Å²) in [6.45, 7) is 12.0. The molecule has 0 aliphatic heterocycles. The largest absolute Gasteiger partial charge is 0.106 e. The Balaban J connectivity index is 0. The Kier molecular flexibility index (Phi) is 25.7. The molecular formula is C20H40. The number of allylic oxidation sites excluding steroid dienone is 1. The quantitative estimate of drug-likeness (QED) is 0.212. The summed E-state index contributed by atoms with van der Waals surface area (Å²) in [7, 11) is 0. The number of hydrogen-bond donors (Lipinski definition) is 0. The topological polar surface area (TPSA) is 0 Å². The lowest BCUT2D eigenvalue weighted by Crippen LogP contribution is -1.83. The van der Waals surface area contributed by atoms with Crippen molar-refractivity contribution in [2.45, 2.75) is 103 Å². The van der Waals surface area contributed by atoms with Crippen LogP contribution >= 0.6 is 0 Å². The van der Waals surface area contributed by atoms with Crippen LogP contribution in [0, 0.1) is 0 Å². The van der Waals surface area contributed by atoms with E-state index in [1.54, 1.807) is 0 Å². The van der Waals surface area contributed by atoms with E-state index < -0.39 is 0 Å². The Morgan fingerprint density at radius 1 is 0.550 bits per heavy atom. The van der Waals surface area contributed by atoms with Gasteiger partial charge in [0.15, 0.2) is 0 Å². The van der Waals surface area contributed by atoms with Crippen LogP contribution in [0.4, 0.5) is 0 Å². The fraction of sp³-hybridized carbons (Fsp3) is 0.800. The highest BCUT2D eigenvalue weighted by Crippen LogP contribution is 2.13. The summed E-state index contributed by atoms with van der Waals surface area (Å²) in [6.07, 6.45) is 23.5. The zero-order chi connectivity index (χ0) is 15.3. The van der Waals surface area contributed by atoms with Gasteiger partial charge in [-0.25, -0.2) is 0 Å². The van der Waals surface area contributed by atoms with Gasteiger partial charge in [-0.1, -0.05) is 96.5 Å². The predicted octanol–water partition coefficient (Wildman–Crippen LogP) is 7.85. The van der Waals surface area contributed by atoms with Gasteiger partial charge in [-0.15, -0.1) is 19.7 Å². The second-order valence-corrected chi connectivity index (χ2v) is 5.67. The van der Waals surface area contributed by atoms with Crippen LogP contribution in [0.5, 0.6) is 0 Å². The van der Waals surface area contributed by atoms with Gasteiger partial charge < -0.3 is 0 Å². The lowest BCUT2D eigenvalue weighted by Gasteiger charge is -2.02. The summed E-state index contributed by atoms with van der Waals surface area (Å²) in [5.41, 5.74) is 0. The van der Waals surface area contributed by atoms with Gasteiger partial charge >= 0.3 is 0 Å². The van der Waals surface area contributed by atoms with Crippen molar-refractivity contribution in [3.05, 3.63) is 25.8 Å². The molecule has 0 heteroatoms. The maximum Gasteiger partial charge on any atom is -0.0353 e. The van der Waals surface area contributed by atoms with Gasteiger partial charge in [0.1, 0.15) is 0 Å². The minimum absolute atomic E-state index is 1.21. The molecule has 0 aliphatic rings. The second kappa shape index (κ2) is 23.6. The first-order chi connectivity index (χ1) is 9.91. The van der Waals surface area contributed by atoms with Gasteiger partial charge in [-0.3, -0.25) is 0 Å². The van der Waals surface area contributed by atoms with Crippen LogP contribution in [0.25, 0.3) is 0 Å². The third-order valence-corrected chi connectivity index (χ3v) is 3.76. The Labute approximate surface area is 129 Å². The van der Waals surface area contributed by atoms with E-state index in [0.29, 0.717) is 0 Å². The van der Waals surface area contributed by atoms with Crippen molar-refractivity contribution in [3.8, 4) is 0 Å². The van der Waals surface area contributed by atoms with Gasteiger partial charge in [-0.05, 0) is 12.8 Å². The summed E-state index contributed by atoms with van der Waals surface area (Å²) in [5, 5.41) is 0. The highest BCUT2D eigenvalue weighted by atomic mass is 14.0. The molecule has 0 unspecified atom stereocenters. The van der Waals surface area contributed by atoms with E-state index in [-0.39, 0.29) is 0 Å². The molecule has 0 bridgehead atoms. The van der Waals surface area contributed by atoms with E-state index in [9.17, 15) is 0 Å². The molecule has 0 atom stereocenters. The van der Waals surface area contributed by atoms with E-state index in [2.05, 4.69) is 26.7 Å². The average molecular weight is 281 g/mol. The summed E-state index contributed by atoms with van der Waals surface area (Å²) in [4.78, 5) is 0. The van der Waals surface area contributed by atoms with E-state index in [0.717, 1.165) is 0 Å². The van der Waals surface area contributed by atoms with Crippen molar-refractivity contribution in [1.29, 1.82) is 0 Å². The van der Waals surface area contributed by atoms with Crippen molar-refractivity contribution in [2.75, 3.05) is 0 Å². The Hall–Kier alpha value is -0.520. The first kappa shape index (κ1) is 21.8. The second-order valence-electron chi connectivity index (χ2n) is 5.67. The molecular weight excluding hydrogens is 240 g/mol. The normalized spacial score (nSPS) is 9.85. The molecule has 0 nitrogen and oxygen atoms in total. The molecule has 0 rings (SSSR count). The molecule has 0 N–H and O–H groups in total.